The van der Waals surface area contributed by atoms with Crippen molar-refractivity contribution in [1.82, 2.24) is 0 Å². The Labute approximate surface area is 192 Å². The Morgan fingerprint density at radius 2 is 1.17 bits per heavy atom. The lowest BCUT2D eigenvalue weighted by molar-refractivity contribution is -0.142. The first-order chi connectivity index (χ1) is 13.7. The van der Waals surface area contributed by atoms with E-state index in [4.69, 9.17) is 4.74 Å². The van der Waals surface area contributed by atoms with Crippen molar-refractivity contribution in [2.24, 2.45) is 5.92 Å². The summed E-state index contributed by atoms with van der Waals surface area (Å²) in [6.07, 6.45) is 1.95. The topological polar surface area (TPSA) is 26.3 Å². The Hall–Kier alpha value is -1.71. The SMILES string of the molecule is CC[C@@H](COC(C)=O)C[P+](c1ccccc1)(c1ccccc1)c1ccccc1.[I-]. The molecule has 0 aromatic heterocycles. The minimum atomic E-state index is -1.88. The van der Waals surface area contributed by atoms with Gasteiger partial charge in [-0.25, -0.2) is 0 Å². The van der Waals surface area contributed by atoms with Crippen LogP contribution in [-0.4, -0.2) is 18.7 Å². The summed E-state index contributed by atoms with van der Waals surface area (Å²) in [5.41, 5.74) is 0. The minimum absolute atomic E-state index is 0. The Morgan fingerprint density at radius 1 is 0.793 bits per heavy atom. The molecular formula is C25H28IO2P. The lowest BCUT2D eigenvalue weighted by Crippen LogP contribution is -3.00. The number of halogens is 1. The number of carbonyl (C=O) groups excluding carboxylic acids is 1. The van der Waals surface area contributed by atoms with E-state index in [1.807, 2.05) is 0 Å². The van der Waals surface area contributed by atoms with Crippen molar-refractivity contribution >= 4 is 29.1 Å². The number of ether oxygens (including phenoxy) is 1. The maximum atomic E-state index is 11.4. The molecule has 0 amide bonds. The third kappa shape index (κ3) is 5.67. The Bertz CT molecular complexity index is 772. The number of carbonyl (C=O) groups is 1. The van der Waals surface area contributed by atoms with Gasteiger partial charge in [-0.1, -0.05) is 61.5 Å². The van der Waals surface area contributed by atoms with Gasteiger partial charge in [0.1, 0.15) is 23.2 Å². The molecule has 1 atom stereocenters. The molecule has 0 aliphatic heterocycles. The van der Waals surface area contributed by atoms with Crippen molar-refractivity contribution in [3.63, 3.8) is 0 Å². The Morgan fingerprint density at radius 3 is 1.48 bits per heavy atom. The Balaban J connectivity index is 0.00000300. The van der Waals surface area contributed by atoms with E-state index in [1.54, 1.807) is 0 Å². The number of hydrogen-bond donors (Lipinski definition) is 0. The standard InChI is InChI=1S/C25H28O2P.HI/c1-3-22(19-27-21(2)26)20-28(23-13-7-4-8-14-23,24-15-9-5-10-16-24)25-17-11-6-12-18-25;/h4-18,22H,3,19-20H2,1-2H3;1H/q+1;/p-1/t22-;/m0./s1. The highest BCUT2D eigenvalue weighted by molar-refractivity contribution is 7.95. The average molecular weight is 518 g/mol. The molecule has 0 radical (unpaired) electrons. The molecule has 0 aliphatic rings. The maximum Gasteiger partial charge on any atom is 0.302 e. The molecule has 0 fully saturated rings. The highest BCUT2D eigenvalue weighted by Gasteiger charge is 2.46. The molecule has 29 heavy (non-hydrogen) atoms. The van der Waals surface area contributed by atoms with E-state index in [2.05, 4.69) is 97.9 Å². The smallest absolute Gasteiger partial charge is 0.302 e. The molecule has 3 rings (SSSR count). The molecule has 0 N–H and O–H groups in total. The Kier molecular flexibility index (Phi) is 9.32. The van der Waals surface area contributed by atoms with Gasteiger partial charge in [-0.15, -0.1) is 0 Å². The molecule has 0 saturated heterocycles. The highest BCUT2D eigenvalue weighted by atomic mass is 127. The van der Waals surface area contributed by atoms with Gasteiger partial charge in [-0.3, -0.25) is 4.79 Å². The summed E-state index contributed by atoms with van der Waals surface area (Å²) < 4.78 is 5.43. The molecule has 0 bridgehead atoms. The highest BCUT2D eigenvalue weighted by Crippen LogP contribution is 2.56. The van der Waals surface area contributed by atoms with Crippen molar-refractivity contribution in [2.75, 3.05) is 12.8 Å². The second kappa shape index (κ2) is 11.5. The predicted octanol–water partition coefficient (Wildman–Crippen LogP) is 1.57. The van der Waals surface area contributed by atoms with E-state index in [0.29, 0.717) is 12.5 Å². The first-order valence-corrected chi connectivity index (χ1v) is 11.8. The molecular weight excluding hydrogens is 490 g/mol. The maximum absolute atomic E-state index is 11.4. The summed E-state index contributed by atoms with van der Waals surface area (Å²) >= 11 is 0. The van der Waals surface area contributed by atoms with Crippen LogP contribution in [0.4, 0.5) is 0 Å². The van der Waals surface area contributed by atoms with E-state index in [-0.39, 0.29) is 29.9 Å². The van der Waals surface area contributed by atoms with Crippen LogP contribution in [0.5, 0.6) is 0 Å². The molecule has 0 spiro atoms. The summed E-state index contributed by atoms with van der Waals surface area (Å²) in [6, 6.07) is 32.5. The van der Waals surface area contributed by atoms with E-state index in [0.717, 1.165) is 12.6 Å². The van der Waals surface area contributed by atoms with Crippen LogP contribution in [0.2, 0.25) is 0 Å². The van der Waals surface area contributed by atoms with Gasteiger partial charge in [0.15, 0.2) is 0 Å². The van der Waals surface area contributed by atoms with Crippen LogP contribution in [0.3, 0.4) is 0 Å². The third-order valence-corrected chi connectivity index (χ3v) is 9.83. The zero-order valence-electron chi connectivity index (χ0n) is 17.0. The molecule has 0 unspecified atom stereocenters. The zero-order chi connectivity index (χ0) is 19.8. The van der Waals surface area contributed by atoms with E-state index in [1.165, 1.54) is 22.8 Å². The normalized spacial score (nSPS) is 11.9. The molecule has 0 heterocycles. The van der Waals surface area contributed by atoms with E-state index < -0.39 is 7.26 Å². The van der Waals surface area contributed by atoms with Gasteiger partial charge in [0, 0.05) is 12.8 Å². The lowest BCUT2D eigenvalue weighted by atomic mass is 10.1. The summed E-state index contributed by atoms with van der Waals surface area (Å²) in [5, 5.41) is 4.11. The molecule has 2 nitrogen and oxygen atoms in total. The number of rotatable bonds is 8. The molecule has 3 aromatic carbocycles. The second-order valence-corrected chi connectivity index (χ2v) is 10.6. The van der Waals surface area contributed by atoms with Gasteiger partial charge < -0.3 is 28.7 Å². The summed E-state index contributed by atoms with van der Waals surface area (Å²) in [4.78, 5) is 11.4. The summed E-state index contributed by atoms with van der Waals surface area (Å²) in [7, 11) is -1.88. The monoisotopic (exact) mass is 518 g/mol. The second-order valence-electron chi connectivity index (χ2n) is 7.08. The van der Waals surface area contributed by atoms with Crippen molar-refractivity contribution in [1.29, 1.82) is 0 Å². The van der Waals surface area contributed by atoms with Crippen molar-refractivity contribution < 1.29 is 33.5 Å². The summed E-state index contributed by atoms with van der Waals surface area (Å²) in [5.74, 6) is 0.0966. The van der Waals surface area contributed by atoms with Crippen LogP contribution >= 0.6 is 7.26 Å². The fraction of sp³-hybridized carbons (Fsp3) is 0.240. The summed E-state index contributed by atoms with van der Waals surface area (Å²) in [6.45, 7) is 4.14. The van der Waals surface area contributed by atoms with Crippen LogP contribution in [0.15, 0.2) is 91.0 Å². The van der Waals surface area contributed by atoms with Crippen LogP contribution in [-0.2, 0) is 9.53 Å². The lowest BCUT2D eigenvalue weighted by Gasteiger charge is -2.30. The third-order valence-electron chi connectivity index (χ3n) is 5.22. The van der Waals surface area contributed by atoms with Gasteiger partial charge in [-0.2, -0.15) is 0 Å². The molecule has 3 aromatic rings. The zero-order valence-corrected chi connectivity index (χ0v) is 20.1. The van der Waals surface area contributed by atoms with Crippen molar-refractivity contribution in [2.45, 2.75) is 20.3 Å². The first kappa shape index (κ1) is 23.6. The average Bonchev–Trinajstić information content (AvgIpc) is 2.76. The van der Waals surface area contributed by atoms with Crippen molar-refractivity contribution in [3.8, 4) is 0 Å². The molecule has 0 aliphatic carbocycles. The van der Waals surface area contributed by atoms with Crippen LogP contribution in [0.1, 0.15) is 20.3 Å². The van der Waals surface area contributed by atoms with Gasteiger partial charge in [0.25, 0.3) is 0 Å². The quantitative estimate of drug-likeness (QED) is 0.257. The predicted molar refractivity (Wildman–Crippen MR) is 120 cm³/mol. The fourth-order valence-corrected chi connectivity index (χ4v) is 8.44. The minimum Gasteiger partial charge on any atom is -1.00 e. The number of esters is 1. The largest absolute Gasteiger partial charge is 1.00 e. The van der Waals surface area contributed by atoms with Gasteiger partial charge >= 0.3 is 5.97 Å². The van der Waals surface area contributed by atoms with Crippen molar-refractivity contribution in [3.05, 3.63) is 91.0 Å². The molecule has 4 heteroatoms. The van der Waals surface area contributed by atoms with E-state index in [9.17, 15) is 4.79 Å². The molecule has 152 valence electrons. The fourth-order valence-electron chi connectivity index (χ4n) is 3.73. The first-order valence-electron chi connectivity index (χ1n) is 9.85. The van der Waals surface area contributed by atoms with Crippen LogP contribution < -0.4 is 39.9 Å². The van der Waals surface area contributed by atoms with Gasteiger partial charge in [-0.05, 0) is 42.8 Å². The number of hydrogen-bond acceptors (Lipinski definition) is 2. The van der Waals surface area contributed by atoms with Crippen LogP contribution in [0.25, 0.3) is 0 Å². The number of benzene rings is 3. The van der Waals surface area contributed by atoms with E-state index >= 15 is 0 Å². The molecule has 0 saturated carbocycles. The van der Waals surface area contributed by atoms with Gasteiger partial charge in [0.2, 0.25) is 0 Å². The van der Waals surface area contributed by atoms with Gasteiger partial charge in [0.05, 0.1) is 12.8 Å². The van der Waals surface area contributed by atoms with Crippen LogP contribution in [0, 0.1) is 5.92 Å².